The first kappa shape index (κ1) is 21.2. The molecule has 2 aromatic rings. The van der Waals surface area contributed by atoms with Crippen LogP contribution in [0.2, 0.25) is 0 Å². The number of anilines is 2. The van der Waals surface area contributed by atoms with Gasteiger partial charge in [0.05, 0.1) is 5.92 Å². The Hall–Kier alpha value is -3.48. The highest BCUT2D eigenvalue weighted by Gasteiger charge is 2.37. The van der Waals surface area contributed by atoms with E-state index < -0.39 is 23.9 Å². The molecule has 1 fully saturated rings. The molecule has 2 atom stereocenters. The Bertz CT molecular complexity index is 966. The van der Waals surface area contributed by atoms with Gasteiger partial charge in [0.1, 0.15) is 0 Å². The Balaban J connectivity index is 1.55. The lowest BCUT2D eigenvalue weighted by atomic mass is 10.1. The summed E-state index contributed by atoms with van der Waals surface area (Å²) >= 11 is 0. The van der Waals surface area contributed by atoms with Crippen LogP contribution in [0.5, 0.6) is 0 Å². The lowest BCUT2D eigenvalue weighted by Crippen LogP contribution is -2.33. The predicted octanol–water partition coefficient (Wildman–Crippen LogP) is 3.12. The topological polar surface area (TPSA) is 92.8 Å². The Morgan fingerprint density at radius 3 is 2.30 bits per heavy atom. The molecule has 3 rings (SSSR count). The Labute approximate surface area is 175 Å². The normalized spacial score (nSPS) is 16.8. The lowest BCUT2D eigenvalue weighted by Gasteiger charge is -2.18. The van der Waals surface area contributed by atoms with Crippen molar-refractivity contribution in [1.29, 1.82) is 0 Å². The third-order valence-corrected chi connectivity index (χ3v) is 5.03. The molecular weight excluding hydrogens is 384 g/mol. The molecule has 1 saturated heterocycles. The highest BCUT2D eigenvalue weighted by Crippen LogP contribution is 2.26. The number of ether oxygens (including phenoxy) is 1. The van der Waals surface area contributed by atoms with Crippen molar-refractivity contribution in [3.8, 4) is 0 Å². The number of aryl methyl sites for hydroxylation is 1. The average molecular weight is 408 g/mol. The number of hydrogen-bond acceptors (Lipinski definition) is 5. The summed E-state index contributed by atoms with van der Waals surface area (Å²) in [6, 6.07) is 13.9. The molecule has 2 amide bonds. The van der Waals surface area contributed by atoms with Gasteiger partial charge in [-0.25, -0.2) is 0 Å². The van der Waals surface area contributed by atoms with Gasteiger partial charge in [-0.05, 0) is 57.2 Å². The fourth-order valence-electron chi connectivity index (χ4n) is 3.20. The first-order valence-corrected chi connectivity index (χ1v) is 9.74. The van der Waals surface area contributed by atoms with E-state index in [0.717, 1.165) is 11.3 Å². The van der Waals surface area contributed by atoms with E-state index in [1.54, 1.807) is 29.2 Å². The van der Waals surface area contributed by atoms with Crippen LogP contribution in [-0.4, -0.2) is 36.2 Å². The molecule has 7 heteroatoms. The van der Waals surface area contributed by atoms with Gasteiger partial charge >= 0.3 is 5.97 Å². The highest BCUT2D eigenvalue weighted by molar-refractivity contribution is 6.00. The van der Waals surface area contributed by atoms with E-state index in [9.17, 15) is 19.2 Å². The van der Waals surface area contributed by atoms with E-state index in [2.05, 4.69) is 5.32 Å². The van der Waals surface area contributed by atoms with E-state index in [0.29, 0.717) is 11.3 Å². The molecule has 0 aliphatic carbocycles. The largest absolute Gasteiger partial charge is 0.452 e. The summed E-state index contributed by atoms with van der Waals surface area (Å²) in [5.74, 6) is -1.90. The molecule has 1 aliphatic heterocycles. The number of esters is 1. The number of nitrogens with one attached hydrogen (secondary N) is 1. The van der Waals surface area contributed by atoms with Gasteiger partial charge in [0.15, 0.2) is 11.9 Å². The van der Waals surface area contributed by atoms with Crippen molar-refractivity contribution in [3.05, 3.63) is 59.7 Å². The van der Waals surface area contributed by atoms with Gasteiger partial charge in [-0.15, -0.1) is 0 Å². The van der Waals surface area contributed by atoms with Gasteiger partial charge in [0, 0.05) is 29.9 Å². The van der Waals surface area contributed by atoms with E-state index in [-0.39, 0.29) is 24.7 Å². The van der Waals surface area contributed by atoms with Crippen molar-refractivity contribution >= 4 is 34.9 Å². The third-order valence-electron chi connectivity index (χ3n) is 5.03. The first-order valence-electron chi connectivity index (χ1n) is 9.74. The minimum absolute atomic E-state index is 0.0492. The maximum Gasteiger partial charge on any atom is 0.312 e. The summed E-state index contributed by atoms with van der Waals surface area (Å²) in [5.41, 5.74) is 2.85. The fraction of sp³-hybridized carbons (Fsp3) is 0.304. The van der Waals surface area contributed by atoms with Gasteiger partial charge in [-0.2, -0.15) is 0 Å². The van der Waals surface area contributed by atoms with E-state index >= 15 is 0 Å². The molecule has 1 N–H and O–H groups in total. The molecule has 0 bridgehead atoms. The Morgan fingerprint density at radius 1 is 1.07 bits per heavy atom. The number of Topliss-reactive ketones (excluding diaryl/α,β-unsaturated/α-hetero) is 1. The average Bonchev–Trinajstić information content (AvgIpc) is 3.10. The monoisotopic (exact) mass is 408 g/mol. The van der Waals surface area contributed by atoms with Crippen LogP contribution < -0.4 is 10.2 Å². The minimum Gasteiger partial charge on any atom is -0.452 e. The van der Waals surface area contributed by atoms with Crippen LogP contribution in [0.4, 0.5) is 11.4 Å². The molecule has 0 aromatic heterocycles. The van der Waals surface area contributed by atoms with Gasteiger partial charge in [-0.1, -0.05) is 17.7 Å². The summed E-state index contributed by atoms with van der Waals surface area (Å²) in [6.45, 7) is 5.12. The van der Waals surface area contributed by atoms with Gasteiger partial charge < -0.3 is 15.0 Å². The molecule has 30 heavy (non-hydrogen) atoms. The van der Waals surface area contributed by atoms with Crippen LogP contribution >= 0.6 is 0 Å². The van der Waals surface area contributed by atoms with Crippen LogP contribution in [0.1, 0.15) is 36.2 Å². The van der Waals surface area contributed by atoms with Crippen molar-refractivity contribution in [2.45, 2.75) is 33.3 Å². The molecule has 0 unspecified atom stereocenters. The van der Waals surface area contributed by atoms with Gasteiger partial charge in [0.25, 0.3) is 5.91 Å². The number of rotatable bonds is 6. The summed E-state index contributed by atoms with van der Waals surface area (Å²) in [4.78, 5) is 50.0. The molecule has 2 aromatic carbocycles. The van der Waals surface area contributed by atoms with E-state index in [1.165, 1.54) is 13.8 Å². The number of nitrogens with zero attached hydrogens (tertiary/aromatic N) is 1. The second kappa shape index (κ2) is 8.90. The van der Waals surface area contributed by atoms with E-state index in [4.69, 9.17) is 4.74 Å². The van der Waals surface area contributed by atoms with E-state index in [1.807, 2.05) is 31.2 Å². The standard InChI is InChI=1S/C23H24N2O5/c1-14-4-10-20(11-5-14)25-13-18(12-21(25)27)23(29)30-16(3)22(28)24-19-8-6-17(7-9-19)15(2)26/h4-11,16,18H,12-13H2,1-3H3,(H,24,28)/t16-,18+/m0/s1. The maximum atomic E-state index is 12.5. The highest BCUT2D eigenvalue weighted by atomic mass is 16.5. The smallest absolute Gasteiger partial charge is 0.312 e. The number of carbonyl (C=O) groups excluding carboxylic acids is 4. The lowest BCUT2D eigenvalue weighted by molar-refractivity contribution is -0.157. The molecule has 0 spiro atoms. The van der Waals surface area contributed by atoms with Crippen molar-refractivity contribution in [1.82, 2.24) is 0 Å². The predicted molar refractivity (Wildman–Crippen MR) is 112 cm³/mol. The molecule has 0 radical (unpaired) electrons. The molecule has 1 aliphatic rings. The van der Waals surface area contributed by atoms with Crippen LogP contribution in [0.15, 0.2) is 48.5 Å². The zero-order valence-corrected chi connectivity index (χ0v) is 17.2. The zero-order valence-electron chi connectivity index (χ0n) is 17.2. The second-order valence-corrected chi connectivity index (χ2v) is 7.44. The number of hydrogen-bond donors (Lipinski definition) is 1. The summed E-state index contributed by atoms with van der Waals surface area (Å²) in [5, 5.41) is 2.65. The van der Waals surface area contributed by atoms with Crippen LogP contribution in [0.25, 0.3) is 0 Å². The summed E-state index contributed by atoms with van der Waals surface area (Å²) in [6.07, 6.45) is -0.971. The Kier molecular flexibility index (Phi) is 6.30. The van der Waals surface area contributed by atoms with Gasteiger partial charge in [0.2, 0.25) is 5.91 Å². The fourth-order valence-corrected chi connectivity index (χ4v) is 3.20. The summed E-state index contributed by atoms with van der Waals surface area (Å²) < 4.78 is 5.30. The minimum atomic E-state index is -1.02. The first-order chi connectivity index (χ1) is 14.2. The Morgan fingerprint density at radius 2 is 1.70 bits per heavy atom. The van der Waals surface area contributed by atoms with Crippen molar-refractivity contribution in [2.24, 2.45) is 5.92 Å². The van der Waals surface area contributed by atoms with Gasteiger partial charge in [-0.3, -0.25) is 19.2 Å². The number of carbonyl (C=O) groups is 4. The van der Waals surface area contributed by atoms with Crippen molar-refractivity contribution in [3.63, 3.8) is 0 Å². The molecular formula is C23H24N2O5. The molecule has 7 nitrogen and oxygen atoms in total. The van der Waals surface area contributed by atoms with Crippen LogP contribution in [-0.2, 0) is 19.1 Å². The third kappa shape index (κ3) is 4.92. The molecule has 1 heterocycles. The summed E-state index contributed by atoms with van der Waals surface area (Å²) in [7, 11) is 0. The number of amides is 2. The van der Waals surface area contributed by atoms with Crippen molar-refractivity contribution in [2.75, 3.05) is 16.8 Å². The second-order valence-electron chi connectivity index (χ2n) is 7.44. The number of benzene rings is 2. The quantitative estimate of drug-likeness (QED) is 0.586. The van der Waals surface area contributed by atoms with Crippen LogP contribution in [0, 0.1) is 12.8 Å². The molecule has 156 valence electrons. The van der Waals surface area contributed by atoms with Crippen LogP contribution in [0.3, 0.4) is 0 Å². The maximum absolute atomic E-state index is 12.5. The van der Waals surface area contributed by atoms with Crippen molar-refractivity contribution < 1.29 is 23.9 Å². The SMILES string of the molecule is CC(=O)c1ccc(NC(=O)[C@H](C)OC(=O)[C@@H]2CC(=O)N(c3ccc(C)cc3)C2)cc1. The number of ketones is 1. The molecule has 0 saturated carbocycles. The zero-order chi connectivity index (χ0) is 21.8.